The normalized spacial score (nSPS) is 27.7. The van der Waals surface area contributed by atoms with Crippen molar-refractivity contribution in [3.63, 3.8) is 0 Å². The first-order valence-corrected chi connectivity index (χ1v) is 6.65. The first kappa shape index (κ1) is 15.0. The van der Waals surface area contributed by atoms with Crippen LogP contribution in [0.15, 0.2) is 0 Å². The molecule has 0 aromatic rings. The molecular formula is C13H22O5. The number of hydrogen-bond acceptors (Lipinski definition) is 5. The van der Waals surface area contributed by atoms with Crippen molar-refractivity contribution in [2.75, 3.05) is 6.61 Å². The maximum atomic E-state index is 10.6. The van der Waals surface area contributed by atoms with E-state index in [2.05, 4.69) is 0 Å². The zero-order valence-corrected chi connectivity index (χ0v) is 10.9. The van der Waals surface area contributed by atoms with Gasteiger partial charge in [-0.2, -0.15) is 0 Å². The van der Waals surface area contributed by atoms with Crippen LogP contribution in [0.25, 0.3) is 0 Å². The molecule has 0 bridgehead atoms. The average Bonchev–Trinajstić information content (AvgIpc) is 2.39. The Kier molecular flexibility index (Phi) is 6.72. The van der Waals surface area contributed by atoms with E-state index in [1.54, 1.807) is 0 Å². The molecule has 2 fully saturated rings. The third-order valence-corrected chi connectivity index (χ3v) is 3.07. The molecule has 2 saturated heterocycles. The summed E-state index contributed by atoms with van der Waals surface area (Å²) >= 11 is 0. The van der Waals surface area contributed by atoms with Crippen molar-refractivity contribution in [1.29, 1.82) is 0 Å². The van der Waals surface area contributed by atoms with Gasteiger partial charge in [0.2, 0.25) is 0 Å². The van der Waals surface area contributed by atoms with Gasteiger partial charge in [0, 0.05) is 12.8 Å². The molecule has 2 atom stereocenters. The highest BCUT2D eigenvalue weighted by Gasteiger charge is 2.18. The summed E-state index contributed by atoms with van der Waals surface area (Å²) in [7, 11) is 0. The van der Waals surface area contributed by atoms with Gasteiger partial charge in [-0.1, -0.05) is 6.92 Å². The lowest BCUT2D eigenvalue weighted by molar-refractivity contribution is -0.156. The molecule has 0 aliphatic carbocycles. The van der Waals surface area contributed by atoms with Gasteiger partial charge in [-0.15, -0.1) is 0 Å². The van der Waals surface area contributed by atoms with Crippen molar-refractivity contribution in [3.8, 4) is 0 Å². The molecule has 1 N–H and O–H groups in total. The van der Waals surface area contributed by atoms with E-state index in [1.165, 1.54) is 0 Å². The average molecular weight is 258 g/mol. The monoisotopic (exact) mass is 258 g/mol. The Labute approximate surface area is 107 Å². The summed E-state index contributed by atoms with van der Waals surface area (Å²) in [6.07, 6.45) is 5.81. The van der Waals surface area contributed by atoms with Gasteiger partial charge in [0.05, 0.1) is 6.61 Å². The smallest absolute Gasteiger partial charge is 0.306 e. The van der Waals surface area contributed by atoms with Crippen molar-refractivity contribution < 1.29 is 24.2 Å². The topological polar surface area (TPSA) is 72.8 Å². The minimum absolute atomic E-state index is 0.0203. The number of hydrogen-bond donors (Lipinski definition) is 1. The van der Waals surface area contributed by atoms with E-state index in [0.29, 0.717) is 12.8 Å². The summed E-state index contributed by atoms with van der Waals surface area (Å²) in [5, 5.41) is 8.53. The fraction of sp³-hybridized carbons (Fsp3) is 0.846. The van der Waals surface area contributed by atoms with Gasteiger partial charge in [0.1, 0.15) is 12.2 Å². The van der Waals surface area contributed by atoms with Crippen LogP contribution >= 0.6 is 0 Å². The molecule has 5 heteroatoms. The van der Waals surface area contributed by atoms with Crippen molar-refractivity contribution in [2.24, 2.45) is 0 Å². The second-order valence-electron chi connectivity index (χ2n) is 4.60. The van der Waals surface area contributed by atoms with Gasteiger partial charge < -0.3 is 14.6 Å². The highest BCUT2D eigenvalue weighted by molar-refractivity contribution is 5.70. The Morgan fingerprint density at radius 2 is 1.56 bits per heavy atom. The van der Waals surface area contributed by atoms with Crippen molar-refractivity contribution >= 4 is 11.9 Å². The summed E-state index contributed by atoms with van der Waals surface area (Å²) in [6.45, 7) is 2.01. The predicted molar refractivity (Wildman–Crippen MR) is 64.8 cm³/mol. The van der Waals surface area contributed by atoms with E-state index in [4.69, 9.17) is 14.6 Å². The fourth-order valence-electron chi connectivity index (χ4n) is 1.97. The molecule has 2 aliphatic rings. The van der Waals surface area contributed by atoms with E-state index in [9.17, 15) is 9.59 Å². The minimum Gasteiger partial charge on any atom is -0.462 e. The standard InChI is InChI=1S/C7H12O2.C6H10O3/c1-2-6-4-3-5-7(8)9-6;7-4-5-2-1-3-6(8)9-5/h6H,2-5H2,1H3;5,7H,1-4H2. The Hall–Kier alpha value is -1.10. The molecule has 0 radical (unpaired) electrons. The van der Waals surface area contributed by atoms with Gasteiger partial charge in [-0.05, 0) is 32.1 Å². The molecule has 2 rings (SSSR count). The van der Waals surface area contributed by atoms with Gasteiger partial charge in [0.25, 0.3) is 0 Å². The minimum atomic E-state index is -0.230. The van der Waals surface area contributed by atoms with Crippen molar-refractivity contribution in [2.45, 2.75) is 64.1 Å². The fourth-order valence-corrected chi connectivity index (χ4v) is 1.97. The summed E-state index contributed by atoms with van der Waals surface area (Å²) in [5.74, 6) is -0.201. The molecule has 0 aromatic heterocycles. The number of cyclic esters (lactones) is 2. The number of ether oxygens (including phenoxy) is 2. The number of aliphatic hydroxyl groups is 1. The highest BCUT2D eigenvalue weighted by Crippen LogP contribution is 2.15. The van der Waals surface area contributed by atoms with Crippen molar-refractivity contribution in [1.82, 2.24) is 0 Å². The molecule has 0 saturated carbocycles. The molecule has 18 heavy (non-hydrogen) atoms. The molecule has 0 aromatic carbocycles. The molecule has 104 valence electrons. The third-order valence-electron chi connectivity index (χ3n) is 3.07. The van der Waals surface area contributed by atoms with Crippen LogP contribution in [0, 0.1) is 0 Å². The lowest BCUT2D eigenvalue weighted by Crippen LogP contribution is -2.26. The van der Waals surface area contributed by atoms with Gasteiger partial charge >= 0.3 is 11.9 Å². The quantitative estimate of drug-likeness (QED) is 0.761. The first-order valence-electron chi connectivity index (χ1n) is 6.65. The van der Waals surface area contributed by atoms with Crippen LogP contribution in [0.1, 0.15) is 51.9 Å². The largest absolute Gasteiger partial charge is 0.462 e. The van der Waals surface area contributed by atoms with Gasteiger partial charge in [-0.25, -0.2) is 0 Å². The lowest BCUT2D eigenvalue weighted by atomic mass is 10.1. The Bertz CT molecular complexity index is 249. The number of carbonyl (C=O) groups is 2. The number of carbonyl (C=O) groups excluding carboxylic acids is 2. The highest BCUT2D eigenvalue weighted by atomic mass is 16.6. The van der Waals surface area contributed by atoms with Crippen LogP contribution in [0.2, 0.25) is 0 Å². The first-order chi connectivity index (χ1) is 8.65. The van der Waals surface area contributed by atoms with Crippen molar-refractivity contribution in [3.05, 3.63) is 0 Å². The zero-order chi connectivity index (χ0) is 13.4. The summed E-state index contributed by atoms with van der Waals surface area (Å²) in [5.41, 5.74) is 0. The molecule has 2 heterocycles. The molecule has 0 spiro atoms. The SMILES string of the molecule is CCC1CCCC(=O)O1.O=C1CCCC(CO)O1. The van der Waals surface area contributed by atoms with E-state index in [-0.39, 0.29) is 30.8 Å². The lowest BCUT2D eigenvalue weighted by Gasteiger charge is -2.20. The molecule has 5 nitrogen and oxygen atoms in total. The van der Waals surface area contributed by atoms with Gasteiger partial charge in [0.15, 0.2) is 0 Å². The van der Waals surface area contributed by atoms with Crippen LogP contribution in [0.5, 0.6) is 0 Å². The summed E-state index contributed by atoms with van der Waals surface area (Å²) < 4.78 is 9.74. The molecular weight excluding hydrogens is 236 g/mol. The van der Waals surface area contributed by atoms with E-state index in [1.807, 2.05) is 6.92 Å². The Morgan fingerprint density at radius 1 is 1.06 bits per heavy atom. The number of esters is 2. The maximum absolute atomic E-state index is 10.6. The Balaban J connectivity index is 0.000000180. The van der Waals surface area contributed by atoms with Crippen LogP contribution in [-0.2, 0) is 19.1 Å². The number of aliphatic hydroxyl groups excluding tert-OH is 1. The van der Waals surface area contributed by atoms with E-state index < -0.39 is 0 Å². The van der Waals surface area contributed by atoms with E-state index in [0.717, 1.165) is 32.1 Å². The molecule has 2 unspecified atom stereocenters. The molecule has 2 aliphatic heterocycles. The van der Waals surface area contributed by atoms with Crippen LogP contribution in [0.3, 0.4) is 0 Å². The van der Waals surface area contributed by atoms with E-state index >= 15 is 0 Å². The molecule has 0 amide bonds. The summed E-state index contributed by atoms with van der Waals surface area (Å²) in [4.78, 5) is 21.1. The Morgan fingerprint density at radius 3 is 1.89 bits per heavy atom. The van der Waals surface area contributed by atoms with Crippen LogP contribution in [0.4, 0.5) is 0 Å². The second kappa shape index (κ2) is 8.08. The predicted octanol–water partition coefficient (Wildman–Crippen LogP) is 1.57. The number of rotatable bonds is 2. The van der Waals surface area contributed by atoms with Gasteiger partial charge in [-0.3, -0.25) is 9.59 Å². The summed E-state index contributed by atoms with van der Waals surface area (Å²) in [6, 6.07) is 0. The second-order valence-corrected chi connectivity index (χ2v) is 4.60. The van der Waals surface area contributed by atoms with Crippen LogP contribution in [-0.4, -0.2) is 35.9 Å². The third kappa shape index (κ3) is 5.49. The maximum Gasteiger partial charge on any atom is 0.306 e. The zero-order valence-electron chi connectivity index (χ0n) is 10.9. The van der Waals surface area contributed by atoms with Crippen LogP contribution < -0.4 is 0 Å².